The van der Waals surface area contributed by atoms with Crippen LogP contribution in [0.15, 0.2) is 77.4 Å². The van der Waals surface area contributed by atoms with Crippen molar-refractivity contribution in [1.29, 1.82) is 0 Å². The molecule has 2 aliphatic heterocycles. The lowest BCUT2D eigenvalue weighted by Crippen LogP contribution is -2.38. The third kappa shape index (κ3) is 9.73. The Morgan fingerprint density at radius 2 is 1.17 bits per heavy atom. The van der Waals surface area contributed by atoms with Crippen LogP contribution in [0, 0.1) is 5.92 Å². The largest absolute Gasteiger partial charge is 0.492 e. The Balaban J connectivity index is 0.000000162. The molecule has 2 saturated heterocycles. The fourth-order valence-corrected chi connectivity index (χ4v) is 10.4. The van der Waals surface area contributed by atoms with Gasteiger partial charge in [-0.15, -0.1) is 0 Å². The SMILES string of the molecule is CN(CCOc1ccc2c(ccc3occ([C@H]4CCC(=O)CC4=O)c32)c1)C1CCOCC1.CN(CCOc1ccc2c3c(ccc2c1)CC=C3[C@@H]1CCC(=O)CC1=O)C1CCOCC1. The fraction of sp³-hybridized carbons (Fsp3) is 0.472. The van der Waals surface area contributed by atoms with Gasteiger partial charge < -0.3 is 23.4 Å². The molecule has 64 heavy (non-hydrogen) atoms. The molecule has 5 aliphatic rings. The molecular formula is C53H60N2O9. The summed E-state index contributed by atoms with van der Waals surface area (Å²) in [5.41, 5.74) is 5.25. The average Bonchev–Trinajstić information content (AvgIpc) is 3.95. The van der Waals surface area contributed by atoms with Crippen molar-refractivity contribution in [3.63, 3.8) is 0 Å². The highest BCUT2D eigenvalue weighted by Gasteiger charge is 2.34. The number of rotatable bonds is 12. The van der Waals surface area contributed by atoms with Gasteiger partial charge in [-0.05, 0) is 134 Å². The Hall–Kier alpha value is -5.20. The molecule has 0 unspecified atom stereocenters. The molecule has 1 aromatic heterocycles. The number of hydrogen-bond donors (Lipinski definition) is 0. The normalized spacial score (nSPS) is 21.2. The van der Waals surface area contributed by atoms with Crippen molar-refractivity contribution in [2.75, 3.05) is 66.8 Å². The fourth-order valence-electron chi connectivity index (χ4n) is 10.4. The average molecular weight is 869 g/mol. The number of allylic oxidation sites excluding steroid dienone is 2. The van der Waals surface area contributed by atoms with Crippen molar-refractivity contribution in [2.24, 2.45) is 5.92 Å². The monoisotopic (exact) mass is 868 g/mol. The van der Waals surface area contributed by atoms with Crippen LogP contribution in [-0.2, 0) is 35.1 Å². The zero-order valence-electron chi connectivity index (χ0n) is 37.2. The van der Waals surface area contributed by atoms with Gasteiger partial charge in [0.15, 0.2) is 0 Å². The van der Waals surface area contributed by atoms with Crippen LogP contribution in [-0.4, -0.2) is 112 Å². The summed E-state index contributed by atoms with van der Waals surface area (Å²) in [6, 6.07) is 21.8. The molecule has 11 nitrogen and oxygen atoms in total. The minimum atomic E-state index is -0.267. The van der Waals surface area contributed by atoms with Gasteiger partial charge in [0.1, 0.15) is 53.4 Å². The summed E-state index contributed by atoms with van der Waals surface area (Å²) in [5, 5.41) is 5.37. The number of carbonyl (C=O) groups is 4. The minimum Gasteiger partial charge on any atom is -0.492 e. The van der Waals surface area contributed by atoms with E-state index in [9.17, 15) is 19.2 Å². The third-order valence-corrected chi connectivity index (χ3v) is 14.2. The summed E-state index contributed by atoms with van der Waals surface area (Å²) in [5.74, 6) is 1.48. The van der Waals surface area contributed by atoms with Crippen molar-refractivity contribution in [3.8, 4) is 11.5 Å². The number of ether oxygens (including phenoxy) is 4. The van der Waals surface area contributed by atoms with Gasteiger partial charge in [-0.25, -0.2) is 0 Å². The standard InChI is InChI=1S/C27H31NO4.C26H29NO5/c1-28(20-10-13-31-14-11-20)12-15-32-22-6-9-23-19(16-22)3-2-18-4-7-25(27(18)23)24-8-5-21(29)17-26(24)30;1-27(18-8-11-30-12-9-18)10-13-31-20-4-6-21-17(14-20)2-7-25-26(21)23(16-32-25)22-5-3-19(28)15-24(22)29/h2-3,6-7,9,16,20,24H,4-5,8,10-15,17H2,1H3;2,4,6-7,14,16,18,22H,3,5,8-13,15H2,1H3/t24-;22-/m01/s1. The lowest BCUT2D eigenvalue weighted by molar-refractivity contribution is -0.132. The van der Waals surface area contributed by atoms with Crippen LogP contribution in [0.1, 0.15) is 86.8 Å². The van der Waals surface area contributed by atoms with E-state index < -0.39 is 0 Å². The Morgan fingerprint density at radius 1 is 0.625 bits per heavy atom. The van der Waals surface area contributed by atoms with E-state index in [-0.39, 0.29) is 47.8 Å². The Bertz CT molecular complexity index is 2560. The lowest BCUT2D eigenvalue weighted by Gasteiger charge is -2.31. The van der Waals surface area contributed by atoms with Gasteiger partial charge in [0.25, 0.3) is 0 Å². The van der Waals surface area contributed by atoms with Crippen LogP contribution < -0.4 is 9.47 Å². The molecule has 4 aromatic carbocycles. The lowest BCUT2D eigenvalue weighted by atomic mass is 9.79. The number of likely N-dealkylation sites (N-methyl/N-ethyl adjacent to an activating group) is 2. The summed E-state index contributed by atoms with van der Waals surface area (Å²) in [6.45, 7) is 6.43. The molecule has 3 aliphatic carbocycles. The summed E-state index contributed by atoms with van der Waals surface area (Å²) in [4.78, 5) is 53.2. The first kappa shape index (κ1) is 44.0. The van der Waals surface area contributed by atoms with Crippen LogP contribution in [0.25, 0.3) is 38.1 Å². The molecule has 10 rings (SSSR count). The molecule has 2 atom stereocenters. The second-order valence-electron chi connectivity index (χ2n) is 18.3. The van der Waals surface area contributed by atoms with E-state index in [1.165, 1.54) is 16.5 Å². The maximum atomic E-state index is 12.6. The quantitative estimate of drug-likeness (QED) is 0.112. The predicted molar refractivity (Wildman–Crippen MR) is 247 cm³/mol. The number of hydrogen-bond acceptors (Lipinski definition) is 11. The maximum absolute atomic E-state index is 12.6. The molecule has 11 heteroatoms. The van der Waals surface area contributed by atoms with E-state index in [4.69, 9.17) is 23.4 Å². The molecule has 0 bridgehead atoms. The van der Waals surface area contributed by atoms with Crippen LogP contribution in [0.5, 0.6) is 11.5 Å². The second kappa shape index (κ2) is 19.9. The van der Waals surface area contributed by atoms with Crippen molar-refractivity contribution < 1.29 is 42.5 Å². The Kier molecular flexibility index (Phi) is 13.7. The number of furan rings is 1. The van der Waals surface area contributed by atoms with Crippen molar-refractivity contribution in [2.45, 2.75) is 88.6 Å². The van der Waals surface area contributed by atoms with E-state index in [0.29, 0.717) is 51.0 Å². The number of Topliss-reactive ketones (excluding diaryl/α,β-unsaturated/α-hetero) is 4. The highest BCUT2D eigenvalue weighted by atomic mass is 16.5. The van der Waals surface area contributed by atoms with Gasteiger partial charge in [0, 0.05) is 87.2 Å². The smallest absolute Gasteiger partial charge is 0.147 e. The zero-order chi connectivity index (χ0) is 44.2. The van der Waals surface area contributed by atoms with Gasteiger partial charge in [-0.1, -0.05) is 30.3 Å². The molecule has 4 fully saturated rings. The molecule has 0 N–H and O–H groups in total. The van der Waals surface area contributed by atoms with Gasteiger partial charge in [-0.2, -0.15) is 0 Å². The third-order valence-electron chi connectivity index (χ3n) is 14.2. The highest BCUT2D eigenvalue weighted by molar-refractivity contribution is 6.12. The number of benzene rings is 4. The van der Waals surface area contributed by atoms with Crippen LogP contribution in [0.3, 0.4) is 0 Å². The first-order valence-corrected chi connectivity index (χ1v) is 23.3. The number of nitrogens with zero attached hydrogens (tertiary/aromatic N) is 2. The molecule has 0 amide bonds. The predicted octanol–water partition coefficient (Wildman–Crippen LogP) is 8.69. The zero-order valence-corrected chi connectivity index (χ0v) is 37.2. The van der Waals surface area contributed by atoms with Gasteiger partial charge >= 0.3 is 0 Å². The topological polar surface area (TPSA) is 125 Å². The second-order valence-corrected chi connectivity index (χ2v) is 18.3. The van der Waals surface area contributed by atoms with Gasteiger partial charge in [0.05, 0.1) is 19.1 Å². The molecule has 0 spiro atoms. The van der Waals surface area contributed by atoms with E-state index in [0.717, 1.165) is 121 Å². The van der Waals surface area contributed by atoms with Crippen LogP contribution in [0.2, 0.25) is 0 Å². The summed E-state index contributed by atoms with van der Waals surface area (Å²) in [7, 11) is 4.31. The summed E-state index contributed by atoms with van der Waals surface area (Å²) < 4.78 is 28.8. The number of fused-ring (bicyclic) bond motifs is 6. The van der Waals surface area contributed by atoms with E-state index in [1.807, 2.05) is 36.4 Å². The van der Waals surface area contributed by atoms with Gasteiger partial charge in [0.2, 0.25) is 0 Å². The highest BCUT2D eigenvalue weighted by Crippen LogP contribution is 2.43. The van der Waals surface area contributed by atoms with Crippen molar-refractivity contribution >= 4 is 61.2 Å². The first-order valence-electron chi connectivity index (χ1n) is 23.3. The van der Waals surface area contributed by atoms with E-state index >= 15 is 0 Å². The van der Waals surface area contributed by atoms with Crippen LogP contribution in [0.4, 0.5) is 0 Å². The Labute approximate surface area is 375 Å². The van der Waals surface area contributed by atoms with Crippen molar-refractivity contribution in [1.82, 2.24) is 9.80 Å². The number of carbonyl (C=O) groups excluding carboxylic acids is 4. The Morgan fingerprint density at radius 3 is 1.77 bits per heavy atom. The molecule has 5 aromatic rings. The molecule has 336 valence electrons. The van der Waals surface area contributed by atoms with Crippen molar-refractivity contribution in [3.05, 3.63) is 89.7 Å². The van der Waals surface area contributed by atoms with E-state index in [1.54, 1.807) is 6.26 Å². The minimum absolute atomic E-state index is 0.00504. The summed E-state index contributed by atoms with van der Waals surface area (Å²) in [6.07, 6.45) is 11.3. The maximum Gasteiger partial charge on any atom is 0.147 e. The first-order chi connectivity index (χ1) is 31.2. The molecule has 2 saturated carbocycles. The molecule has 3 heterocycles. The number of ketones is 4. The van der Waals surface area contributed by atoms with E-state index in [2.05, 4.69) is 54.2 Å². The molecule has 0 radical (unpaired) electrons. The summed E-state index contributed by atoms with van der Waals surface area (Å²) >= 11 is 0. The molecular weight excluding hydrogens is 809 g/mol. The van der Waals surface area contributed by atoms with Crippen LogP contribution >= 0.6 is 0 Å². The van der Waals surface area contributed by atoms with Gasteiger partial charge in [-0.3, -0.25) is 29.0 Å².